The maximum atomic E-state index is 5.90. The quantitative estimate of drug-likeness (QED) is 0.742. The Labute approximate surface area is 98.7 Å². The number of anilines is 3. The van der Waals surface area contributed by atoms with E-state index in [1.807, 2.05) is 16.6 Å². The molecule has 6 heteroatoms. The maximum Gasteiger partial charge on any atom is 0.133 e. The van der Waals surface area contributed by atoms with E-state index in [0.29, 0.717) is 11.4 Å². The first kappa shape index (κ1) is 10.2. The summed E-state index contributed by atoms with van der Waals surface area (Å²) in [5.74, 6) is 0.972. The number of rotatable bonds is 1. The highest BCUT2D eigenvalue weighted by Gasteiger charge is 2.16. The highest BCUT2D eigenvalue weighted by molar-refractivity contribution is 5.75. The van der Waals surface area contributed by atoms with Gasteiger partial charge in [-0.2, -0.15) is 5.10 Å². The smallest absolute Gasteiger partial charge is 0.133 e. The topological polar surface area (TPSA) is 81.8 Å². The molecule has 0 unspecified atom stereocenters. The predicted molar refractivity (Wildman–Crippen MR) is 67.0 cm³/mol. The lowest BCUT2D eigenvalue weighted by Gasteiger charge is -2.29. The summed E-state index contributed by atoms with van der Waals surface area (Å²) in [4.78, 5) is 2.21. The minimum absolute atomic E-state index is 0.645. The van der Waals surface area contributed by atoms with E-state index in [1.165, 1.54) is 0 Å². The van der Waals surface area contributed by atoms with Gasteiger partial charge in [-0.25, -0.2) is 4.52 Å². The molecule has 4 N–H and O–H groups in total. The molecule has 3 rings (SSSR count). The second-order valence-electron chi connectivity index (χ2n) is 4.14. The fourth-order valence-corrected chi connectivity index (χ4v) is 2.13. The van der Waals surface area contributed by atoms with Crippen molar-refractivity contribution < 1.29 is 4.74 Å². The van der Waals surface area contributed by atoms with Crippen LogP contribution in [0.3, 0.4) is 0 Å². The molecule has 3 heterocycles. The zero-order valence-corrected chi connectivity index (χ0v) is 9.47. The third kappa shape index (κ3) is 1.66. The maximum absolute atomic E-state index is 5.90. The van der Waals surface area contributed by atoms with Crippen LogP contribution in [0.2, 0.25) is 0 Å². The Kier molecular flexibility index (Phi) is 2.29. The van der Waals surface area contributed by atoms with Crippen LogP contribution < -0.4 is 16.4 Å². The molecule has 0 spiro atoms. The Balaban J connectivity index is 2.13. The average Bonchev–Trinajstić information content (AvgIpc) is 2.72. The first-order valence-electron chi connectivity index (χ1n) is 5.61. The van der Waals surface area contributed by atoms with Gasteiger partial charge in [-0.3, -0.25) is 0 Å². The average molecular weight is 233 g/mol. The Morgan fingerprint density at radius 3 is 2.71 bits per heavy atom. The molecule has 6 nitrogen and oxygen atoms in total. The number of nitrogens with zero attached hydrogens (tertiary/aromatic N) is 3. The standard InChI is InChI=1S/C11H15N5O/c12-8-5-10-9(13)7-14-16(10)11(6-8)15-1-3-17-4-2-15/h5-7H,1-4,12-13H2. The molecule has 0 bridgehead atoms. The number of hydrogen-bond donors (Lipinski definition) is 2. The van der Waals surface area contributed by atoms with Crippen molar-refractivity contribution in [2.75, 3.05) is 42.7 Å². The molecule has 0 saturated carbocycles. The summed E-state index contributed by atoms with van der Waals surface area (Å²) in [6.45, 7) is 3.15. The lowest BCUT2D eigenvalue weighted by molar-refractivity contribution is 0.122. The van der Waals surface area contributed by atoms with Gasteiger partial charge in [0.15, 0.2) is 0 Å². The Bertz CT molecular complexity index is 544. The summed E-state index contributed by atoms with van der Waals surface area (Å²) < 4.78 is 7.17. The monoisotopic (exact) mass is 233 g/mol. The minimum atomic E-state index is 0.645. The number of morpholine rings is 1. The number of hydrogen-bond acceptors (Lipinski definition) is 5. The number of fused-ring (bicyclic) bond motifs is 1. The van der Waals surface area contributed by atoms with E-state index in [9.17, 15) is 0 Å². The van der Waals surface area contributed by atoms with Gasteiger partial charge in [0.2, 0.25) is 0 Å². The molecule has 1 saturated heterocycles. The van der Waals surface area contributed by atoms with Crippen molar-refractivity contribution in [2.45, 2.75) is 0 Å². The molecule has 90 valence electrons. The summed E-state index contributed by atoms with van der Waals surface area (Å²) in [7, 11) is 0. The number of nitrogens with two attached hydrogens (primary N) is 2. The molecule has 1 aliphatic heterocycles. The van der Waals surface area contributed by atoms with Gasteiger partial charge in [0.1, 0.15) is 5.82 Å². The molecule has 1 fully saturated rings. The summed E-state index contributed by atoms with van der Waals surface area (Å²) >= 11 is 0. The Morgan fingerprint density at radius 2 is 1.94 bits per heavy atom. The van der Waals surface area contributed by atoms with E-state index in [1.54, 1.807) is 6.20 Å². The molecule has 0 aromatic carbocycles. The van der Waals surface area contributed by atoms with E-state index >= 15 is 0 Å². The van der Waals surface area contributed by atoms with Crippen LogP contribution in [0.25, 0.3) is 5.52 Å². The Hall–Kier alpha value is -1.95. The van der Waals surface area contributed by atoms with Gasteiger partial charge in [0.25, 0.3) is 0 Å². The predicted octanol–water partition coefficient (Wildman–Crippen LogP) is 0.335. The van der Waals surface area contributed by atoms with Crippen molar-refractivity contribution in [3.63, 3.8) is 0 Å². The second kappa shape index (κ2) is 3.81. The molecule has 2 aromatic rings. The van der Waals surface area contributed by atoms with Crippen LogP contribution in [0, 0.1) is 0 Å². The van der Waals surface area contributed by atoms with Crippen LogP contribution in [0.1, 0.15) is 0 Å². The van der Waals surface area contributed by atoms with Crippen LogP contribution in [0.5, 0.6) is 0 Å². The summed E-state index contributed by atoms with van der Waals surface area (Å²) in [5, 5.41) is 4.29. The SMILES string of the molecule is Nc1cc(N2CCOCC2)n2ncc(N)c2c1. The van der Waals surface area contributed by atoms with Crippen molar-refractivity contribution in [3.8, 4) is 0 Å². The van der Waals surface area contributed by atoms with Crippen molar-refractivity contribution >= 4 is 22.7 Å². The fraction of sp³-hybridized carbons (Fsp3) is 0.364. The highest BCUT2D eigenvalue weighted by atomic mass is 16.5. The Morgan fingerprint density at radius 1 is 1.18 bits per heavy atom. The molecule has 1 aliphatic rings. The molecule has 0 aliphatic carbocycles. The lowest BCUT2D eigenvalue weighted by Crippen LogP contribution is -2.37. The van der Waals surface area contributed by atoms with E-state index in [0.717, 1.165) is 37.6 Å². The normalized spacial score (nSPS) is 16.6. The zero-order chi connectivity index (χ0) is 11.8. The van der Waals surface area contributed by atoms with E-state index in [-0.39, 0.29) is 0 Å². The number of nitrogen functional groups attached to an aromatic ring is 2. The lowest BCUT2D eigenvalue weighted by atomic mass is 10.3. The first-order chi connectivity index (χ1) is 8.25. The van der Waals surface area contributed by atoms with Gasteiger partial charge < -0.3 is 21.1 Å². The van der Waals surface area contributed by atoms with Gasteiger partial charge in [-0.05, 0) is 6.07 Å². The van der Waals surface area contributed by atoms with Gasteiger partial charge in [-0.15, -0.1) is 0 Å². The first-order valence-corrected chi connectivity index (χ1v) is 5.61. The van der Waals surface area contributed by atoms with Gasteiger partial charge >= 0.3 is 0 Å². The van der Waals surface area contributed by atoms with Crippen LogP contribution in [-0.4, -0.2) is 35.9 Å². The molecule has 0 atom stereocenters. The summed E-state index contributed by atoms with van der Waals surface area (Å²) in [5.41, 5.74) is 14.0. The largest absolute Gasteiger partial charge is 0.399 e. The summed E-state index contributed by atoms with van der Waals surface area (Å²) in [6.07, 6.45) is 1.65. The fourth-order valence-electron chi connectivity index (χ4n) is 2.13. The van der Waals surface area contributed by atoms with Crippen molar-refractivity contribution in [3.05, 3.63) is 18.3 Å². The van der Waals surface area contributed by atoms with Crippen molar-refractivity contribution in [2.24, 2.45) is 0 Å². The molecular formula is C11H15N5O. The third-order valence-corrected chi connectivity index (χ3v) is 2.99. The highest BCUT2D eigenvalue weighted by Crippen LogP contribution is 2.24. The van der Waals surface area contributed by atoms with Gasteiger partial charge in [0.05, 0.1) is 30.6 Å². The minimum Gasteiger partial charge on any atom is -0.399 e. The van der Waals surface area contributed by atoms with E-state index in [2.05, 4.69) is 10.00 Å². The van der Waals surface area contributed by atoms with Crippen LogP contribution in [-0.2, 0) is 4.74 Å². The summed E-state index contributed by atoms with van der Waals surface area (Å²) in [6, 6.07) is 3.76. The molecular weight excluding hydrogens is 218 g/mol. The number of aromatic nitrogens is 2. The molecule has 0 radical (unpaired) electrons. The number of ether oxygens (including phenoxy) is 1. The molecule has 17 heavy (non-hydrogen) atoms. The van der Waals surface area contributed by atoms with Crippen LogP contribution in [0.4, 0.5) is 17.2 Å². The van der Waals surface area contributed by atoms with Crippen molar-refractivity contribution in [1.82, 2.24) is 9.61 Å². The molecule has 0 amide bonds. The van der Waals surface area contributed by atoms with Gasteiger partial charge in [0, 0.05) is 24.8 Å². The second-order valence-corrected chi connectivity index (χ2v) is 4.14. The van der Waals surface area contributed by atoms with E-state index < -0.39 is 0 Å². The van der Waals surface area contributed by atoms with Crippen molar-refractivity contribution in [1.29, 1.82) is 0 Å². The van der Waals surface area contributed by atoms with E-state index in [4.69, 9.17) is 16.2 Å². The van der Waals surface area contributed by atoms with Gasteiger partial charge in [-0.1, -0.05) is 0 Å². The number of pyridine rings is 1. The third-order valence-electron chi connectivity index (χ3n) is 2.99. The van der Waals surface area contributed by atoms with Crippen LogP contribution in [0.15, 0.2) is 18.3 Å². The zero-order valence-electron chi connectivity index (χ0n) is 9.47. The molecule has 2 aromatic heterocycles. The van der Waals surface area contributed by atoms with Crippen LogP contribution >= 0.6 is 0 Å².